The van der Waals surface area contributed by atoms with Crippen LogP contribution in [0.1, 0.15) is 26.7 Å². The summed E-state index contributed by atoms with van der Waals surface area (Å²) < 4.78 is 4.57. The number of aliphatic hydroxyl groups is 1. The summed E-state index contributed by atoms with van der Waals surface area (Å²) in [5, 5.41) is 9.90. The molecule has 1 fully saturated rings. The molecule has 0 spiro atoms. The average Bonchev–Trinajstić information content (AvgIpc) is 2.98. The van der Waals surface area contributed by atoms with Gasteiger partial charge in [-0.1, -0.05) is 6.92 Å². The number of hydrogen-bond acceptors (Lipinski definition) is 4. The molecule has 1 unspecified atom stereocenters. The molecule has 0 saturated heterocycles. The molecule has 0 aromatic rings. The zero-order chi connectivity index (χ0) is 11.5. The van der Waals surface area contributed by atoms with E-state index in [2.05, 4.69) is 9.64 Å². The lowest BCUT2D eigenvalue weighted by Crippen LogP contribution is -2.47. The van der Waals surface area contributed by atoms with E-state index in [9.17, 15) is 9.90 Å². The SMILES string of the molecule is CCN(CC1CC1)CC(C)(O)C(=O)OC. The van der Waals surface area contributed by atoms with Crippen molar-refractivity contribution >= 4 is 5.97 Å². The largest absolute Gasteiger partial charge is 0.467 e. The van der Waals surface area contributed by atoms with Crippen LogP contribution in [0.2, 0.25) is 0 Å². The lowest BCUT2D eigenvalue weighted by Gasteiger charge is -2.28. The molecule has 15 heavy (non-hydrogen) atoms. The first kappa shape index (κ1) is 12.5. The fraction of sp³-hybridized carbons (Fsp3) is 0.909. The van der Waals surface area contributed by atoms with Crippen LogP contribution in [0.4, 0.5) is 0 Å². The monoisotopic (exact) mass is 215 g/mol. The molecule has 0 amide bonds. The minimum atomic E-state index is -1.39. The van der Waals surface area contributed by atoms with E-state index in [0.29, 0.717) is 6.54 Å². The van der Waals surface area contributed by atoms with Crippen molar-refractivity contribution < 1.29 is 14.6 Å². The van der Waals surface area contributed by atoms with Gasteiger partial charge in [0.1, 0.15) is 0 Å². The number of hydrogen-bond donors (Lipinski definition) is 1. The molecule has 0 bridgehead atoms. The predicted molar refractivity (Wildman–Crippen MR) is 57.5 cm³/mol. The van der Waals surface area contributed by atoms with E-state index in [1.165, 1.54) is 26.9 Å². The highest BCUT2D eigenvalue weighted by Crippen LogP contribution is 2.30. The van der Waals surface area contributed by atoms with Gasteiger partial charge in [-0.2, -0.15) is 0 Å². The molecule has 0 aliphatic heterocycles. The van der Waals surface area contributed by atoms with Gasteiger partial charge in [0.2, 0.25) is 0 Å². The van der Waals surface area contributed by atoms with Gasteiger partial charge in [0.25, 0.3) is 0 Å². The molecular weight excluding hydrogens is 194 g/mol. The Hall–Kier alpha value is -0.610. The fourth-order valence-electron chi connectivity index (χ4n) is 1.69. The Morgan fingerprint density at radius 2 is 2.20 bits per heavy atom. The van der Waals surface area contributed by atoms with Crippen molar-refractivity contribution in [2.75, 3.05) is 26.7 Å². The van der Waals surface area contributed by atoms with Gasteiger partial charge in [-0.15, -0.1) is 0 Å². The molecule has 0 heterocycles. The van der Waals surface area contributed by atoms with Gasteiger partial charge in [0.15, 0.2) is 5.60 Å². The van der Waals surface area contributed by atoms with Crippen LogP contribution in [0.25, 0.3) is 0 Å². The standard InChI is InChI=1S/C11H21NO3/c1-4-12(7-9-5-6-9)8-11(2,14)10(13)15-3/h9,14H,4-8H2,1-3H3. The molecule has 0 radical (unpaired) electrons. The van der Waals surface area contributed by atoms with Gasteiger partial charge in [-0.05, 0) is 32.2 Å². The number of ether oxygens (including phenoxy) is 1. The van der Waals surface area contributed by atoms with E-state index in [1.54, 1.807) is 0 Å². The summed E-state index contributed by atoms with van der Waals surface area (Å²) in [5.74, 6) is 0.204. The Morgan fingerprint density at radius 1 is 1.60 bits per heavy atom. The van der Waals surface area contributed by atoms with Crippen LogP contribution in [0.3, 0.4) is 0 Å². The second kappa shape index (κ2) is 4.94. The van der Waals surface area contributed by atoms with Gasteiger partial charge < -0.3 is 9.84 Å². The molecule has 4 nitrogen and oxygen atoms in total. The van der Waals surface area contributed by atoms with Crippen LogP contribution in [-0.4, -0.2) is 48.3 Å². The van der Waals surface area contributed by atoms with Gasteiger partial charge in [-0.3, -0.25) is 4.90 Å². The first-order valence-electron chi connectivity index (χ1n) is 5.52. The summed E-state index contributed by atoms with van der Waals surface area (Å²) >= 11 is 0. The van der Waals surface area contributed by atoms with E-state index < -0.39 is 11.6 Å². The maximum absolute atomic E-state index is 11.3. The summed E-state index contributed by atoms with van der Waals surface area (Å²) in [4.78, 5) is 13.4. The van der Waals surface area contributed by atoms with E-state index in [0.717, 1.165) is 19.0 Å². The topological polar surface area (TPSA) is 49.8 Å². The maximum Gasteiger partial charge on any atom is 0.338 e. The minimum Gasteiger partial charge on any atom is -0.467 e. The van der Waals surface area contributed by atoms with Crippen molar-refractivity contribution in [2.24, 2.45) is 5.92 Å². The number of nitrogens with zero attached hydrogens (tertiary/aromatic N) is 1. The van der Waals surface area contributed by atoms with Crippen LogP contribution in [-0.2, 0) is 9.53 Å². The highest BCUT2D eigenvalue weighted by molar-refractivity contribution is 5.78. The quantitative estimate of drug-likeness (QED) is 0.661. The molecule has 0 aromatic carbocycles. The predicted octanol–water partition coefficient (Wildman–Crippen LogP) is 0.642. The van der Waals surface area contributed by atoms with Gasteiger partial charge in [0, 0.05) is 13.1 Å². The van der Waals surface area contributed by atoms with Crippen LogP contribution in [0.5, 0.6) is 0 Å². The van der Waals surface area contributed by atoms with Crippen LogP contribution in [0, 0.1) is 5.92 Å². The molecule has 0 aromatic heterocycles. The highest BCUT2D eigenvalue weighted by atomic mass is 16.5. The zero-order valence-corrected chi connectivity index (χ0v) is 9.82. The van der Waals surface area contributed by atoms with E-state index in [4.69, 9.17) is 0 Å². The third-order valence-electron chi connectivity index (χ3n) is 2.82. The van der Waals surface area contributed by atoms with Crippen LogP contribution < -0.4 is 0 Å². The Balaban J connectivity index is 2.44. The van der Waals surface area contributed by atoms with Crippen molar-refractivity contribution in [1.29, 1.82) is 0 Å². The lowest BCUT2D eigenvalue weighted by atomic mass is 10.1. The molecule has 88 valence electrons. The Bertz CT molecular complexity index is 224. The Kier molecular flexibility index (Phi) is 4.11. The van der Waals surface area contributed by atoms with Crippen molar-refractivity contribution in [3.63, 3.8) is 0 Å². The molecule has 1 N–H and O–H groups in total. The third kappa shape index (κ3) is 3.80. The first-order valence-corrected chi connectivity index (χ1v) is 5.52. The number of methoxy groups -OCH3 is 1. The number of carbonyl (C=O) groups excluding carboxylic acids is 1. The van der Waals surface area contributed by atoms with Gasteiger partial charge >= 0.3 is 5.97 Å². The van der Waals surface area contributed by atoms with E-state index in [1.807, 2.05) is 6.92 Å². The van der Waals surface area contributed by atoms with Crippen molar-refractivity contribution in [3.8, 4) is 0 Å². The molecule has 4 heteroatoms. The third-order valence-corrected chi connectivity index (χ3v) is 2.82. The van der Waals surface area contributed by atoms with Gasteiger partial charge in [-0.25, -0.2) is 4.79 Å². The molecular formula is C11H21NO3. The maximum atomic E-state index is 11.3. The molecule has 1 aliphatic carbocycles. The summed E-state index contributed by atoms with van der Waals surface area (Å²) in [5.41, 5.74) is -1.39. The summed E-state index contributed by atoms with van der Waals surface area (Å²) in [6.45, 7) is 5.73. The summed E-state index contributed by atoms with van der Waals surface area (Å²) in [6, 6.07) is 0. The molecule has 1 rings (SSSR count). The van der Waals surface area contributed by atoms with E-state index in [-0.39, 0.29) is 0 Å². The number of esters is 1. The summed E-state index contributed by atoms with van der Waals surface area (Å²) in [6.07, 6.45) is 2.55. The second-order valence-corrected chi connectivity index (χ2v) is 4.54. The lowest BCUT2D eigenvalue weighted by molar-refractivity contribution is -0.162. The second-order valence-electron chi connectivity index (χ2n) is 4.54. The van der Waals surface area contributed by atoms with Crippen molar-refractivity contribution in [1.82, 2.24) is 4.90 Å². The number of likely N-dealkylation sites (N-methyl/N-ethyl adjacent to an activating group) is 1. The van der Waals surface area contributed by atoms with Gasteiger partial charge in [0.05, 0.1) is 7.11 Å². The fourth-order valence-corrected chi connectivity index (χ4v) is 1.69. The average molecular weight is 215 g/mol. The number of carbonyl (C=O) groups is 1. The van der Waals surface area contributed by atoms with Crippen molar-refractivity contribution in [2.45, 2.75) is 32.3 Å². The van der Waals surface area contributed by atoms with E-state index >= 15 is 0 Å². The molecule has 1 saturated carbocycles. The highest BCUT2D eigenvalue weighted by Gasteiger charge is 2.34. The Morgan fingerprint density at radius 3 is 2.60 bits per heavy atom. The van der Waals surface area contributed by atoms with Crippen molar-refractivity contribution in [3.05, 3.63) is 0 Å². The normalized spacial score (nSPS) is 20.1. The molecule has 1 aliphatic rings. The van der Waals surface area contributed by atoms with Crippen LogP contribution in [0.15, 0.2) is 0 Å². The smallest absolute Gasteiger partial charge is 0.338 e. The Labute approximate surface area is 91.2 Å². The number of rotatable bonds is 6. The first-order chi connectivity index (χ1) is 6.99. The van der Waals surface area contributed by atoms with Crippen LogP contribution >= 0.6 is 0 Å². The minimum absolute atomic E-state index is 0.354. The molecule has 1 atom stereocenters. The summed E-state index contributed by atoms with van der Waals surface area (Å²) in [7, 11) is 1.30. The zero-order valence-electron chi connectivity index (χ0n) is 9.82.